The quantitative estimate of drug-likeness (QED) is 0.915. The second kappa shape index (κ2) is 4.91. The molecule has 0 atom stereocenters. The summed E-state index contributed by atoms with van der Waals surface area (Å²) in [7, 11) is 1.92. The first kappa shape index (κ1) is 11.5. The molecule has 0 bridgehead atoms. The van der Waals surface area contributed by atoms with Crippen molar-refractivity contribution in [2.45, 2.75) is 16.7 Å². The van der Waals surface area contributed by atoms with Crippen LogP contribution in [0.3, 0.4) is 0 Å². The number of aromatic nitrogens is 2. The molecule has 0 unspecified atom stereocenters. The van der Waals surface area contributed by atoms with Crippen molar-refractivity contribution in [3.63, 3.8) is 0 Å². The highest BCUT2D eigenvalue weighted by atomic mass is 35.5. The van der Waals surface area contributed by atoms with Gasteiger partial charge in [0.2, 0.25) is 0 Å². The number of aliphatic hydroxyl groups excluding tert-OH is 1. The lowest BCUT2D eigenvalue weighted by molar-refractivity contribution is 0.279. The Labute approximate surface area is 103 Å². The fourth-order valence-corrected chi connectivity index (χ4v) is 2.57. The fourth-order valence-electron chi connectivity index (χ4n) is 1.33. The van der Waals surface area contributed by atoms with Crippen molar-refractivity contribution in [3.8, 4) is 0 Å². The summed E-state index contributed by atoms with van der Waals surface area (Å²) in [5.74, 6) is 0. The van der Waals surface area contributed by atoms with Gasteiger partial charge in [-0.25, -0.2) is 4.98 Å². The molecule has 1 aromatic heterocycles. The number of benzene rings is 1. The van der Waals surface area contributed by atoms with E-state index in [2.05, 4.69) is 4.98 Å². The second-order valence-corrected chi connectivity index (χ2v) is 4.69. The Morgan fingerprint density at radius 2 is 2.31 bits per heavy atom. The lowest BCUT2D eigenvalue weighted by Gasteiger charge is -2.08. The molecule has 0 aliphatic heterocycles. The van der Waals surface area contributed by atoms with Crippen molar-refractivity contribution in [3.05, 3.63) is 41.2 Å². The highest BCUT2D eigenvalue weighted by molar-refractivity contribution is 7.99. The van der Waals surface area contributed by atoms with Crippen LogP contribution in [0.2, 0.25) is 5.02 Å². The molecule has 2 rings (SSSR count). The zero-order chi connectivity index (χ0) is 11.5. The van der Waals surface area contributed by atoms with Gasteiger partial charge in [-0.2, -0.15) is 0 Å². The van der Waals surface area contributed by atoms with E-state index in [-0.39, 0.29) is 6.61 Å². The maximum Gasteiger partial charge on any atom is 0.172 e. The normalized spacial score (nSPS) is 10.7. The highest BCUT2D eigenvalue weighted by Crippen LogP contribution is 2.34. The van der Waals surface area contributed by atoms with E-state index in [1.54, 1.807) is 6.20 Å². The van der Waals surface area contributed by atoms with Crippen LogP contribution in [0.1, 0.15) is 5.56 Å². The SMILES string of the molecule is Cn1ccnc1Sc1c(Cl)cccc1CO. The molecule has 0 amide bonds. The molecule has 0 saturated heterocycles. The zero-order valence-electron chi connectivity index (χ0n) is 8.72. The zero-order valence-corrected chi connectivity index (χ0v) is 10.3. The minimum absolute atomic E-state index is 0.0205. The van der Waals surface area contributed by atoms with Gasteiger partial charge >= 0.3 is 0 Å². The van der Waals surface area contributed by atoms with E-state index in [9.17, 15) is 5.11 Å². The molecule has 0 aliphatic rings. The first-order valence-electron chi connectivity index (χ1n) is 4.76. The Bertz CT molecular complexity index is 498. The molecular weight excluding hydrogens is 244 g/mol. The van der Waals surface area contributed by atoms with Crippen molar-refractivity contribution in [1.29, 1.82) is 0 Å². The van der Waals surface area contributed by atoms with Crippen molar-refractivity contribution in [1.82, 2.24) is 9.55 Å². The minimum atomic E-state index is -0.0205. The molecule has 0 aliphatic carbocycles. The minimum Gasteiger partial charge on any atom is -0.392 e. The second-order valence-electron chi connectivity index (χ2n) is 3.31. The number of aryl methyl sites for hydroxylation is 1. The molecule has 2 aromatic rings. The maximum atomic E-state index is 9.24. The van der Waals surface area contributed by atoms with Gasteiger partial charge in [0.1, 0.15) is 0 Å². The molecule has 84 valence electrons. The van der Waals surface area contributed by atoms with Crippen LogP contribution in [0.15, 0.2) is 40.6 Å². The Hall–Kier alpha value is -0.970. The van der Waals surface area contributed by atoms with Crippen LogP contribution < -0.4 is 0 Å². The molecule has 3 nitrogen and oxygen atoms in total. The van der Waals surface area contributed by atoms with Crippen LogP contribution in [-0.2, 0) is 13.7 Å². The van der Waals surface area contributed by atoms with Gasteiger partial charge < -0.3 is 9.67 Å². The van der Waals surface area contributed by atoms with Gasteiger partial charge in [0.05, 0.1) is 11.6 Å². The van der Waals surface area contributed by atoms with Gasteiger partial charge in [-0.1, -0.05) is 23.7 Å². The molecule has 0 saturated carbocycles. The van der Waals surface area contributed by atoms with E-state index in [1.165, 1.54) is 11.8 Å². The number of hydrogen-bond donors (Lipinski definition) is 1. The molecule has 1 aromatic carbocycles. The van der Waals surface area contributed by atoms with Crippen LogP contribution >= 0.6 is 23.4 Å². The third-order valence-corrected chi connectivity index (χ3v) is 3.88. The predicted molar refractivity (Wildman–Crippen MR) is 64.7 cm³/mol. The average molecular weight is 255 g/mol. The van der Waals surface area contributed by atoms with E-state index in [0.717, 1.165) is 15.6 Å². The fraction of sp³-hybridized carbons (Fsp3) is 0.182. The van der Waals surface area contributed by atoms with Gasteiger partial charge in [-0.15, -0.1) is 0 Å². The van der Waals surface area contributed by atoms with E-state index in [1.807, 2.05) is 36.0 Å². The number of halogens is 1. The van der Waals surface area contributed by atoms with Crippen LogP contribution in [0, 0.1) is 0 Å². The number of nitrogens with zero attached hydrogens (tertiary/aromatic N) is 2. The third kappa shape index (κ3) is 2.24. The summed E-state index contributed by atoms with van der Waals surface area (Å²) < 4.78 is 1.91. The number of rotatable bonds is 3. The average Bonchev–Trinajstić information content (AvgIpc) is 2.67. The van der Waals surface area contributed by atoms with Crippen molar-refractivity contribution in [2.75, 3.05) is 0 Å². The summed E-state index contributed by atoms with van der Waals surface area (Å²) in [6.07, 6.45) is 3.61. The van der Waals surface area contributed by atoms with Crippen LogP contribution in [0.4, 0.5) is 0 Å². The molecule has 0 radical (unpaired) electrons. The summed E-state index contributed by atoms with van der Waals surface area (Å²) in [4.78, 5) is 5.08. The lowest BCUT2D eigenvalue weighted by atomic mass is 10.2. The summed E-state index contributed by atoms with van der Waals surface area (Å²) in [5.41, 5.74) is 0.820. The first-order valence-corrected chi connectivity index (χ1v) is 5.95. The smallest absolute Gasteiger partial charge is 0.172 e. The van der Waals surface area contributed by atoms with Crippen molar-refractivity contribution < 1.29 is 5.11 Å². The number of imidazole rings is 1. The molecule has 5 heteroatoms. The van der Waals surface area contributed by atoms with E-state index < -0.39 is 0 Å². The first-order chi connectivity index (χ1) is 7.72. The Morgan fingerprint density at radius 1 is 1.50 bits per heavy atom. The molecular formula is C11H11ClN2OS. The highest BCUT2D eigenvalue weighted by Gasteiger charge is 2.10. The van der Waals surface area contributed by atoms with Crippen LogP contribution in [0.5, 0.6) is 0 Å². The van der Waals surface area contributed by atoms with Crippen LogP contribution in [-0.4, -0.2) is 14.7 Å². The number of aliphatic hydroxyl groups is 1. The Morgan fingerprint density at radius 3 is 2.94 bits per heavy atom. The van der Waals surface area contributed by atoms with Gasteiger partial charge in [-0.3, -0.25) is 0 Å². The molecule has 1 heterocycles. The molecule has 1 N–H and O–H groups in total. The topological polar surface area (TPSA) is 38.0 Å². The van der Waals surface area contributed by atoms with Gasteiger partial charge in [0.25, 0.3) is 0 Å². The van der Waals surface area contributed by atoms with Crippen molar-refractivity contribution >= 4 is 23.4 Å². The Kier molecular flexibility index (Phi) is 3.53. The number of hydrogen-bond acceptors (Lipinski definition) is 3. The molecule has 0 fully saturated rings. The van der Waals surface area contributed by atoms with Crippen molar-refractivity contribution in [2.24, 2.45) is 7.05 Å². The maximum absolute atomic E-state index is 9.24. The van der Waals surface area contributed by atoms with E-state index in [0.29, 0.717) is 5.02 Å². The molecule has 16 heavy (non-hydrogen) atoms. The van der Waals surface area contributed by atoms with Gasteiger partial charge in [0.15, 0.2) is 5.16 Å². The summed E-state index contributed by atoms with van der Waals surface area (Å²) in [6.45, 7) is -0.0205. The summed E-state index contributed by atoms with van der Waals surface area (Å²) in [6, 6.07) is 5.50. The monoisotopic (exact) mass is 254 g/mol. The molecule has 0 spiro atoms. The standard InChI is InChI=1S/C11H11ClN2OS/c1-14-6-5-13-11(14)16-10-8(7-15)3-2-4-9(10)12/h2-6,15H,7H2,1H3. The van der Waals surface area contributed by atoms with E-state index >= 15 is 0 Å². The summed E-state index contributed by atoms with van der Waals surface area (Å²) in [5, 5.41) is 10.7. The predicted octanol–water partition coefficient (Wildman–Crippen LogP) is 2.72. The largest absolute Gasteiger partial charge is 0.392 e. The van der Waals surface area contributed by atoms with Gasteiger partial charge in [-0.05, 0) is 23.4 Å². The van der Waals surface area contributed by atoms with E-state index in [4.69, 9.17) is 11.6 Å². The lowest BCUT2D eigenvalue weighted by Crippen LogP contribution is -1.92. The third-order valence-electron chi connectivity index (χ3n) is 2.19. The van der Waals surface area contributed by atoms with Crippen LogP contribution in [0.25, 0.3) is 0 Å². The Balaban J connectivity index is 2.37. The van der Waals surface area contributed by atoms with Gasteiger partial charge in [0, 0.05) is 24.3 Å². The summed E-state index contributed by atoms with van der Waals surface area (Å²) >= 11 is 7.57.